The molecule has 17 rings (SSSR count). The van der Waals surface area contributed by atoms with Crippen LogP contribution in [0.25, 0.3) is 66.5 Å². The number of halogens is 3. The lowest BCUT2D eigenvalue weighted by Crippen LogP contribution is -2.27. The van der Waals surface area contributed by atoms with Gasteiger partial charge in [-0.05, 0) is 180 Å². The monoisotopic (exact) mass is 1670 g/mol. The van der Waals surface area contributed by atoms with Crippen LogP contribution in [0.3, 0.4) is 0 Å². The quantitative estimate of drug-likeness (QED) is 0.0197. The van der Waals surface area contributed by atoms with Crippen molar-refractivity contribution in [2.24, 2.45) is 9.98 Å². The van der Waals surface area contributed by atoms with Crippen LogP contribution in [0.1, 0.15) is 63.7 Å². The second kappa shape index (κ2) is 36.3. The van der Waals surface area contributed by atoms with E-state index in [4.69, 9.17) is 4.63 Å². The van der Waals surface area contributed by atoms with Gasteiger partial charge in [-0.1, -0.05) is 121 Å². The molecular formula is C87H56F3N17O17. The Labute approximate surface area is 693 Å². The summed E-state index contributed by atoms with van der Waals surface area (Å²) in [6.07, 6.45) is -4.60. The Morgan fingerprint density at radius 2 is 0.774 bits per heavy atom. The predicted octanol–water partition coefficient (Wildman–Crippen LogP) is 18.3. The summed E-state index contributed by atoms with van der Waals surface area (Å²) >= 11 is 0. The number of carbonyl (C=O) groups excluding carboxylic acids is 2. The van der Waals surface area contributed by atoms with Crippen LogP contribution in [0.2, 0.25) is 0 Å². The average molecular weight is 1670 g/mol. The first-order valence-corrected chi connectivity index (χ1v) is 36.6. The van der Waals surface area contributed by atoms with E-state index in [1.54, 1.807) is 84.9 Å². The number of carboxylic acids is 2. The number of carbonyl (C=O) groups is 4. The number of nitro benzene ring substituents is 4. The van der Waals surface area contributed by atoms with Gasteiger partial charge in [-0.3, -0.25) is 60.0 Å². The molecule has 0 amide bonds. The molecule has 0 fully saturated rings. The van der Waals surface area contributed by atoms with Crippen molar-refractivity contribution in [1.29, 1.82) is 5.26 Å². The first-order valence-electron chi connectivity index (χ1n) is 36.6. The zero-order chi connectivity index (χ0) is 87.3. The van der Waals surface area contributed by atoms with Gasteiger partial charge in [-0.2, -0.15) is 18.4 Å². The number of nitrogens with zero attached hydrogens (tertiary/aromatic N) is 13. The molecule has 0 bridgehead atoms. The van der Waals surface area contributed by atoms with Gasteiger partial charge in [0.05, 0.1) is 70.8 Å². The molecule has 0 radical (unpaired) electrons. The second-order valence-electron chi connectivity index (χ2n) is 26.8. The summed E-state index contributed by atoms with van der Waals surface area (Å²) in [4.78, 5) is 98.8. The number of non-ortho nitro benzene ring substituents is 4. The van der Waals surface area contributed by atoms with Gasteiger partial charge in [-0.15, -0.1) is 0 Å². The fourth-order valence-electron chi connectivity index (χ4n) is 13.1. The maximum absolute atomic E-state index is 13.1. The highest BCUT2D eigenvalue weighted by Gasteiger charge is 2.34. The average Bonchev–Trinajstić information content (AvgIpc) is 1.49. The highest BCUT2D eigenvalue weighted by atomic mass is 19.4. The number of hydrogen-bond donors (Lipinski definition) is 6. The third-order valence-electron chi connectivity index (χ3n) is 19.1. The number of fused-ring (bicyclic) bond motifs is 4. The lowest BCUT2D eigenvalue weighted by atomic mass is 9.96. The van der Waals surface area contributed by atoms with Crippen LogP contribution in [0, 0.1) is 51.8 Å². The van der Waals surface area contributed by atoms with Crippen molar-refractivity contribution in [3.63, 3.8) is 0 Å². The Hall–Kier alpha value is -18.0. The molecule has 13 aromatic carbocycles. The van der Waals surface area contributed by atoms with E-state index in [0.717, 1.165) is 28.3 Å². The Morgan fingerprint density at radius 3 is 1.27 bits per heavy atom. The normalized spacial score (nSPS) is 11.1. The Morgan fingerprint density at radius 1 is 0.387 bits per heavy atom. The van der Waals surface area contributed by atoms with Crippen molar-refractivity contribution in [1.82, 2.24) is 30.9 Å². The number of ketones is 2. The highest BCUT2D eigenvalue weighted by molar-refractivity contribution is 6.02. The second-order valence-corrected chi connectivity index (χ2v) is 26.8. The minimum Gasteiger partial charge on any atom is -0.478 e. The van der Waals surface area contributed by atoms with E-state index in [0.29, 0.717) is 85.1 Å². The number of nitriles is 1. The molecule has 1 aliphatic rings. The Balaban J connectivity index is 0.000000135. The number of nitrogens with one attached hydrogen (secondary N) is 4. The predicted molar refractivity (Wildman–Crippen MR) is 443 cm³/mol. The number of benzene rings is 13. The molecule has 34 nitrogen and oxygen atoms in total. The number of alkyl halides is 3. The lowest BCUT2D eigenvalue weighted by molar-refractivity contribution is -0.386. The maximum Gasteiger partial charge on any atom is 0.416 e. The SMILES string of the molecule is N#Cc1ccccc1-c1cc(C(=O)O)ccc1Nc1ccc([N+](=O)[O-])c2c1=NCN=2.O=C(Cc1ccccc1)c1ccc(Nc2ccc([N+](=O)[O-])c3nonc23)cc1.O=C(Cc1ccccc1C(F)(F)F)c1ccc(Nc2ccc([N+](=O)[O-])c3nonc23)cc1.O=C(O)c1ccc(Nc2ccc([N+](=O)[O-])c3nonc23)c(-c2ccc(-c3ccccc3)cc2)c1. The number of carboxylic acid groups (broad SMARTS) is 2. The third-order valence-corrected chi connectivity index (χ3v) is 19.1. The first kappa shape index (κ1) is 82.5. The van der Waals surface area contributed by atoms with Crippen LogP contribution >= 0.6 is 0 Å². The molecule has 0 saturated heterocycles. The van der Waals surface area contributed by atoms with E-state index in [-0.39, 0.29) is 95.9 Å². The van der Waals surface area contributed by atoms with Crippen LogP contribution in [-0.4, -0.2) is 91.0 Å². The number of nitro groups is 4. The number of anilines is 8. The lowest BCUT2D eigenvalue weighted by Gasteiger charge is -2.14. The van der Waals surface area contributed by atoms with Gasteiger partial charge in [-0.25, -0.2) is 23.5 Å². The van der Waals surface area contributed by atoms with Crippen molar-refractivity contribution in [2.75, 3.05) is 27.9 Å². The van der Waals surface area contributed by atoms with Gasteiger partial charge in [0, 0.05) is 87.7 Å². The van der Waals surface area contributed by atoms with Gasteiger partial charge in [0.1, 0.15) is 12.0 Å². The molecular weight excluding hydrogens is 1610 g/mol. The number of hydrogen-bond acceptors (Lipinski definition) is 28. The summed E-state index contributed by atoms with van der Waals surface area (Å²) in [6.45, 7) is 0.0942. The van der Waals surface area contributed by atoms with Crippen LogP contribution in [0.5, 0.6) is 0 Å². The molecule has 3 aromatic heterocycles. The third kappa shape index (κ3) is 18.5. The summed E-state index contributed by atoms with van der Waals surface area (Å²) in [5, 5.41) is 108. The van der Waals surface area contributed by atoms with Gasteiger partial charge in [0.2, 0.25) is 16.6 Å². The minimum absolute atomic E-state index is 0.0184. The van der Waals surface area contributed by atoms with Crippen molar-refractivity contribution in [2.45, 2.75) is 19.0 Å². The van der Waals surface area contributed by atoms with E-state index < -0.39 is 55.6 Å². The summed E-state index contributed by atoms with van der Waals surface area (Å²) in [5.74, 6) is -2.59. The van der Waals surface area contributed by atoms with Gasteiger partial charge < -0.3 is 31.5 Å². The number of Topliss-reactive ketones (excluding diaryl/α,β-unsaturated/α-hetero) is 2. The fourth-order valence-corrected chi connectivity index (χ4v) is 13.1. The Kier molecular flexibility index (Phi) is 24.1. The van der Waals surface area contributed by atoms with Crippen molar-refractivity contribution in [3.05, 3.63) is 363 Å². The smallest absolute Gasteiger partial charge is 0.416 e. The maximum atomic E-state index is 13.1. The fraction of sp³-hybridized carbons (Fsp3) is 0.0460. The summed E-state index contributed by atoms with van der Waals surface area (Å²) < 4.78 is 53.4. The standard InChI is InChI=1S/C25H16N4O5.C21H13F3N4O4.C21H13N5O4.C20H14N4O4/c30-25(31)18-10-11-20(26-21-12-13-22(29(32)33)24-23(21)27-34-28-24)19(14-18)17-8-6-16(7-9-17)15-4-2-1-3-5-15;22-21(23,24)15-4-2-1-3-13(15)11-18(29)12-5-7-14(8-6-12)25-16-9-10-17(28(30)31)20-19(16)26-32-27-20;22-10-13-3-1-2-4-14(13)15-9-12(21(27)28)5-6-16(15)25-17-7-8-18(26(29)30)20-19(17)23-11-24-20;25-18(12-13-4-2-1-3-5-13)14-6-8-15(9-7-14)21-16-10-11-17(24(26)27)20-19(16)22-28-23-20/h1-14,26H,(H,30,31);1-10,25H,11H2;1-9,25H,11H2,(H,27,28);1-11,21H,12H2. The van der Waals surface area contributed by atoms with Gasteiger partial charge >= 0.3 is 35.2 Å². The molecule has 1 aliphatic heterocycles. The van der Waals surface area contributed by atoms with Gasteiger partial charge in [0.15, 0.2) is 33.5 Å². The summed E-state index contributed by atoms with van der Waals surface area (Å²) in [6, 6.07) is 74.7. The highest BCUT2D eigenvalue weighted by Crippen LogP contribution is 2.40. The largest absolute Gasteiger partial charge is 0.478 e. The molecule has 37 heteroatoms. The van der Waals surface area contributed by atoms with Crippen molar-refractivity contribution in [3.8, 4) is 39.4 Å². The summed E-state index contributed by atoms with van der Waals surface area (Å²) in [5.41, 5.74) is 10.1. The van der Waals surface area contributed by atoms with E-state index >= 15 is 0 Å². The van der Waals surface area contributed by atoms with E-state index in [2.05, 4.69) is 77.5 Å². The zero-order valence-corrected chi connectivity index (χ0v) is 63.5. The molecule has 0 saturated carbocycles. The van der Waals surface area contributed by atoms with E-state index in [1.807, 2.05) is 84.9 Å². The zero-order valence-electron chi connectivity index (χ0n) is 63.5. The van der Waals surface area contributed by atoms with E-state index in [1.165, 1.54) is 91.0 Å². The number of rotatable bonds is 23. The Bertz CT molecular complexity index is 7060. The topological polar surface area (TPSA) is 495 Å². The van der Waals surface area contributed by atoms with Crippen LogP contribution in [0.15, 0.2) is 291 Å². The van der Waals surface area contributed by atoms with Crippen molar-refractivity contribution < 1.29 is 76.1 Å². The van der Waals surface area contributed by atoms with Crippen LogP contribution < -0.4 is 32.0 Å². The molecule has 124 heavy (non-hydrogen) atoms. The van der Waals surface area contributed by atoms with Crippen LogP contribution in [-0.2, 0) is 19.0 Å². The van der Waals surface area contributed by atoms with E-state index in [9.17, 15) is 88.3 Å². The van der Waals surface area contributed by atoms with Crippen LogP contribution in [0.4, 0.5) is 81.4 Å². The number of aromatic nitrogens is 6. The first-order chi connectivity index (χ1) is 59.8. The molecule has 4 heterocycles. The molecule has 0 atom stereocenters. The molecule has 0 spiro atoms. The molecule has 16 aromatic rings. The minimum atomic E-state index is -4.54. The van der Waals surface area contributed by atoms with Gasteiger partial charge in [0.25, 0.3) is 5.69 Å². The van der Waals surface area contributed by atoms with Crippen molar-refractivity contribution >= 4 is 125 Å². The summed E-state index contributed by atoms with van der Waals surface area (Å²) in [7, 11) is 0. The number of aromatic carboxylic acids is 2. The molecule has 0 aliphatic carbocycles. The molecule has 0 unspecified atom stereocenters. The molecule has 612 valence electrons. The molecule has 6 N–H and O–H groups in total.